The number of thiocarbonyl (C=S) groups is 1. The predicted molar refractivity (Wildman–Crippen MR) is 72.6 cm³/mol. The van der Waals surface area contributed by atoms with E-state index in [-0.39, 0.29) is 16.6 Å². The van der Waals surface area contributed by atoms with Gasteiger partial charge in [-0.05, 0) is 24.3 Å². The van der Waals surface area contributed by atoms with Crippen LogP contribution in [-0.2, 0) is 6.18 Å². The van der Waals surface area contributed by atoms with Crippen LogP contribution in [0, 0.1) is 0 Å². The van der Waals surface area contributed by atoms with Crippen LogP contribution in [0.5, 0.6) is 0 Å². The number of hydrogen-bond acceptors (Lipinski definition) is 4. The molecular formula is C12H9F3N4S. The Balaban J connectivity index is 2.26. The van der Waals surface area contributed by atoms with Gasteiger partial charge >= 0.3 is 6.18 Å². The summed E-state index contributed by atoms with van der Waals surface area (Å²) in [6.07, 6.45) is -2.99. The molecule has 1 aromatic carbocycles. The van der Waals surface area contributed by atoms with Gasteiger partial charge in [-0.1, -0.05) is 18.3 Å². The second kappa shape index (κ2) is 5.41. The minimum absolute atomic E-state index is 0.0829. The third-order valence-electron chi connectivity index (χ3n) is 2.35. The van der Waals surface area contributed by atoms with E-state index < -0.39 is 11.7 Å². The summed E-state index contributed by atoms with van der Waals surface area (Å²) in [5, 5.41) is 2.67. The minimum Gasteiger partial charge on any atom is -0.388 e. The molecule has 2 rings (SSSR count). The Labute approximate surface area is 117 Å². The summed E-state index contributed by atoms with van der Waals surface area (Å²) in [7, 11) is 0. The Morgan fingerprint density at radius 3 is 2.65 bits per heavy atom. The van der Waals surface area contributed by atoms with Crippen LogP contribution in [0.1, 0.15) is 11.3 Å². The number of anilines is 2. The maximum Gasteiger partial charge on any atom is 0.416 e. The number of alkyl halides is 3. The molecule has 0 saturated carbocycles. The van der Waals surface area contributed by atoms with Gasteiger partial charge in [-0.3, -0.25) is 0 Å². The zero-order valence-corrected chi connectivity index (χ0v) is 10.8. The molecule has 8 heteroatoms. The molecule has 0 saturated heterocycles. The third-order valence-corrected chi connectivity index (χ3v) is 2.56. The van der Waals surface area contributed by atoms with Gasteiger partial charge < -0.3 is 11.1 Å². The van der Waals surface area contributed by atoms with E-state index in [1.54, 1.807) is 0 Å². The largest absolute Gasteiger partial charge is 0.416 e. The van der Waals surface area contributed by atoms with Gasteiger partial charge in [-0.15, -0.1) is 0 Å². The van der Waals surface area contributed by atoms with Gasteiger partial charge in [-0.25, -0.2) is 9.97 Å². The van der Waals surface area contributed by atoms with Crippen LogP contribution in [0.25, 0.3) is 0 Å². The first-order valence-electron chi connectivity index (χ1n) is 5.43. The second-order valence-corrected chi connectivity index (χ2v) is 4.27. The molecule has 20 heavy (non-hydrogen) atoms. The minimum atomic E-state index is -4.40. The van der Waals surface area contributed by atoms with Gasteiger partial charge in [0.15, 0.2) is 0 Å². The molecule has 0 fully saturated rings. The van der Waals surface area contributed by atoms with Crippen molar-refractivity contribution >= 4 is 28.8 Å². The number of benzene rings is 1. The molecule has 0 bridgehead atoms. The van der Waals surface area contributed by atoms with Crippen molar-refractivity contribution in [1.29, 1.82) is 0 Å². The number of hydrogen-bond donors (Lipinski definition) is 2. The highest BCUT2D eigenvalue weighted by atomic mass is 32.1. The zero-order valence-electron chi connectivity index (χ0n) is 9.98. The summed E-state index contributed by atoms with van der Waals surface area (Å²) in [5.41, 5.74) is 5.22. The van der Waals surface area contributed by atoms with Crippen molar-refractivity contribution in [2.45, 2.75) is 6.18 Å². The fraction of sp³-hybridized carbons (Fsp3) is 0.0833. The summed E-state index contributed by atoms with van der Waals surface area (Å²) in [6.45, 7) is 0. The lowest BCUT2D eigenvalue weighted by molar-refractivity contribution is -0.137. The van der Waals surface area contributed by atoms with Crippen LogP contribution < -0.4 is 11.1 Å². The summed E-state index contributed by atoms with van der Waals surface area (Å²) in [4.78, 5) is 7.96. The molecule has 0 unspecified atom stereocenters. The van der Waals surface area contributed by atoms with Crippen molar-refractivity contribution in [2.75, 3.05) is 5.32 Å². The molecule has 0 amide bonds. The number of nitrogens with one attached hydrogen (secondary N) is 1. The molecular weight excluding hydrogens is 289 g/mol. The highest BCUT2D eigenvalue weighted by Gasteiger charge is 2.30. The van der Waals surface area contributed by atoms with Gasteiger partial charge in [0.25, 0.3) is 0 Å². The molecule has 0 aliphatic carbocycles. The molecule has 0 aliphatic rings. The molecule has 1 aromatic heterocycles. The Kier molecular flexibility index (Phi) is 3.84. The van der Waals surface area contributed by atoms with Crippen molar-refractivity contribution in [3.63, 3.8) is 0 Å². The fourth-order valence-corrected chi connectivity index (χ4v) is 1.57. The Morgan fingerprint density at radius 2 is 2.00 bits per heavy atom. The smallest absolute Gasteiger partial charge is 0.388 e. The molecule has 4 nitrogen and oxygen atoms in total. The standard InChI is InChI=1S/C12H9F3N4S/c13-12(14,15)7-2-1-3-8(6-7)18-11-17-5-4-9(19-11)10(16)20/h1-6H,(H2,16,20)(H,17,18,19). The lowest BCUT2D eigenvalue weighted by Crippen LogP contribution is -2.13. The Morgan fingerprint density at radius 1 is 1.25 bits per heavy atom. The van der Waals surface area contributed by atoms with Crippen molar-refractivity contribution in [3.8, 4) is 0 Å². The highest BCUT2D eigenvalue weighted by Crippen LogP contribution is 2.31. The van der Waals surface area contributed by atoms with Gasteiger partial charge in [0.05, 0.1) is 5.56 Å². The summed E-state index contributed by atoms with van der Waals surface area (Å²) in [5.74, 6) is 0.120. The fourth-order valence-electron chi connectivity index (χ4n) is 1.46. The first kappa shape index (κ1) is 14.2. The average Bonchev–Trinajstić information content (AvgIpc) is 2.38. The van der Waals surface area contributed by atoms with E-state index in [1.165, 1.54) is 24.4 Å². The van der Waals surface area contributed by atoms with E-state index >= 15 is 0 Å². The van der Waals surface area contributed by atoms with Crippen LogP contribution in [0.4, 0.5) is 24.8 Å². The lowest BCUT2D eigenvalue weighted by Gasteiger charge is -2.10. The van der Waals surface area contributed by atoms with Gasteiger partial charge in [0.2, 0.25) is 5.95 Å². The maximum absolute atomic E-state index is 12.6. The number of rotatable bonds is 3. The van der Waals surface area contributed by atoms with Crippen LogP contribution in [0.2, 0.25) is 0 Å². The van der Waals surface area contributed by atoms with Crippen LogP contribution in [0.3, 0.4) is 0 Å². The highest BCUT2D eigenvalue weighted by molar-refractivity contribution is 7.80. The van der Waals surface area contributed by atoms with E-state index in [9.17, 15) is 13.2 Å². The molecule has 0 radical (unpaired) electrons. The number of halogens is 3. The van der Waals surface area contributed by atoms with Crippen LogP contribution in [0.15, 0.2) is 36.5 Å². The van der Waals surface area contributed by atoms with Gasteiger partial charge in [0.1, 0.15) is 10.7 Å². The predicted octanol–water partition coefficient (Wildman–Crippen LogP) is 2.87. The molecule has 104 valence electrons. The first-order chi connectivity index (χ1) is 9.36. The number of nitrogens with two attached hydrogens (primary N) is 1. The van der Waals surface area contributed by atoms with Crippen molar-refractivity contribution in [2.24, 2.45) is 5.73 Å². The van der Waals surface area contributed by atoms with E-state index in [0.717, 1.165) is 12.1 Å². The molecule has 0 aliphatic heterocycles. The van der Waals surface area contributed by atoms with Crippen molar-refractivity contribution in [3.05, 3.63) is 47.8 Å². The van der Waals surface area contributed by atoms with Crippen molar-refractivity contribution in [1.82, 2.24) is 9.97 Å². The Hall–Kier alpha value is -2.22. The lowest BCUT2D eigenvalue weighted by atomic mass is 10.2. The van der Waals surface area contributed by atoms with Gasteiger partial charge in [-0.2, -0.15) is 13.2 Å². The average molecular weight is 298 g/mol. The maximum atomic E-state index is 12.6. The molecule has 2 aromatic rings. The van der Waals surface area contributed by atoms with Crippen LogP contribution >= 0.6 is 12.2 Å². The van der Waals surface area contributed by atoms with E-state index in [4.69, 9.17) is 18.0 Å². The first-order valence-corrected chi connectivity index (χ1v) is 5.84. The quantitative estimate of drug-likeness (QED) is 0.853. The third kappa shape index (κ3) is 3.41. The molecule has 0 spiro atoms. The zero-order chi connectivity index (χ0) is 14.8. The van der Waals surface area contributed by atoms with Crippen LogP contribution in [-0.4, -0.2) is 15.0 Å². The Bertz CT molecular complexity index is 643. The normalized spacial score (nSPS) is 11.2. The molecule has 0 atom stereocenters. The monoisotopic (exact) mass is 298 g/mol. The number of nitrogens with zero attached hydrogens (tertiary/aromatic N) is 2. The SMILES string of the molecule is NC(=S)c1ccnc(Nc2cccc(C(F)(F)F)c2)n1. The van der Waals surface area contributed by atoms with Gasteiger partial charge in [0, 0.05) is 11.9 Å². The van der Waals surface area contributed by atoms with E-state index in [0.29, 0.717) is 5.69 Å². The summed E-state index contributed by atoms with van der Waals surface area (Å²) >= 11 is 4.77. The molecule has 1 heterocycles. The molecule has 3 N–H and O–H groups in total. The summed E-state index contributed by atoms with van der Waals surface area (Å²) in [6, 6.07) is 6.24. The topological polar surface area (TPSA) is 63.8 Å². The van der Waals surface area contributed by atoms with E-state index in [2.05, 4.69) is 15.3 Å². The van der Waals surface area contributed by atoms with E-state index in [1.807, 2.05) is 0 Å². The van der Waals surface area contributed by atoms with Crippen molar-refractivity contribution < 1.29 is 13.2 Å². The second-order valence-electron chi connectivity index (χ2n) is 3.83. The number of aromatic nitrogens is 2. The summed E-state index contributed by atoms with van der Waals surface area (Å²) < 4.78 is 37.8.